The molecule has 8 nitrogen and oxygen atoms in total. The maximum atomic E-state index is 13.0. The van der Waals surface area contributed by atoms with Crippen LogP contribution in [0.15, 0.2) is 45.7 Å². The maximum Gasteiger partial charge on any atom is 0.513 e. The van der Waals surface area contributed by atoms with Crippen molar-refractivity contribution in [3.63, 3.8) is 0 Å². The van der Waals surface area contributed by atoms with Gasteiger partial charge in [-0.25, -0.2) is 13.2 Å². The second-order valence-corrected chi connectivity index (χ2v) is 9.69. The van der Waals surface area contributed by atoms with E-state index in [0.29, 0.717) is 18.7 Å². The van der Waals surface area contributed by atoms with E-state index in [9.17, 15) is 13.2 Å². The molecular weight excluding hydrogens is 467 g/mol. The Bertz CT molecular complexity index is 1270. The van der Waals surface area contributed by atoms with Gasteiger partial charge in [-0.1, -0.05) is 29.3 Å². The average Bonchev–Trinajstić information content (AvgIpc) is 3.13. The molecule has 0 bridgehead atoms. The smallest absolute Gasteiger partial charge is 0.449 e. The lowest BCUT2D eigenvalue weighted by atomic mass is 10.1. The summed E-state index contributed by atoms with van der Waals surface area (Å²) < 4.78 is 37.4. The number of aryl methyl sites for hydroxylation is 1. The molecule has 1 aromatic heterocycles. The number of nitrogens with zero attached hydrogens (tertiary/aromatic N) is 2. The molecule has 2 heterocycles. The van der Waals surface area contributed by atoms with Gasteiger partial charge < -0.3 is 19.2 Å². The van der Waals surface area contributed by atoms with Crippen LogP contribution in [-0.4, -0.2) is 50.2 Å². The molecule has 0 radical (unpaired) electrons. The van der Waals surface area contributed by atoms with Crippen molar-refractivity contribution in [2.75, 3.05) is 31.1 Å². The predicted molar refractivity (Wildman–Crippen MR) is 117 cm³/mol. The summed E-state index contributed by atoms with van der Waals surface area (Å²) in [7, 11) is -3.77. The van der Waals surface area contributed by atoms with Crippen LogP contribution in [0.4, 0.5) is 10.5 Å². The van der Waals surface area contributed by atoms with E-state index in [2.05, 4.69) is 9.64 Å². The number of carboxylic acid groups (broad SMARTS) is 1. The van der Waals surface area contributed by atoms with Gasteiger partial charge in [0.2, 0.25) is 10.0 Å². The highest BCUT2D eigenvalue weighted by Gasteiger charge is 2.31. The van der Waals surface area contributed by atoms with Crippen LogP contribution < -0.4 is 9.64 Å². The Balaban J connectivity index is 1.54. The Hall–Kier alpha value is -2.46. The minimum atomic E-state index is -3.77. The molecule has 1 saturated heterocycles. The maximum absolute atomic E-state index is 13.0. The van der Waals surface area contributed by atoms with Crippen LogP contribution in [0.25, 0.3) is 11.0 Å². The number of halogens is 2. The Kier molecular flexibility index (Phi) is 5.78. The fourth-order valence-corrected chi connectivity index (χ4v) is 5.85. The summed E-state index contributed by atoms with van der Waals surface area (Å²) in [6.07, 6.45) is -1.45. The van der Waals surface area contributed by atoms with Crippen molar-refractivity contribution in [1.82, 2.24) is 4.31 Å². The van der Waals surface area contributed by atoms with Crippen molar-refractivity contribution in [3.8, 4) is 5.95 Å². The van der Waals surface area contributed by atoms with Gasteiger partial charge in [0.1, 0.15) is 10.5 Å². The first-order chi connectivity index (χ1) is 14.7. The van der Waals surface area contributed by atoms with Crippen LogP contribution in [0.3, 0.4) is 0 Å². The molecule has 1 aliphatic heterocycles. The van der Waals surface area contributed by atoms with Gasteiger partial charge in [0, 0.05) is 43.3 Å². The molecule has 0 unspecified atom stereocenters. The lowest BCUT2D eigenvalue weighted by Gasteiger charge is -2.36. The fourth-order valence-electron chi connectivity index (χ4n) is 3.69. The number of piperazine rings is 1. The summed E-state index contributed by atoms with van der Waals surface area (Å²) in [4.78, 5) is 12.8. The van der Waals surface area contributed by atoms with Crippen LogP contribution >= 0.6 is 23.2 Å². The van der Waals surface area contributed by atoms with Gasteiger partial charge in [0.05, 0.1) is 10.0 Å². The molecule has 2 aromatic carbocycles. The fraction of sp³-hybridized carbons (Fsp3) is 0.250. The normalized spacial score (nSPS) is 15.4. The van der Waals surface area contributed by atoms with Gasteiger partial charge in [0.15, 0.2) is 0 Å². The molecular formula is C20H18Cl2N2O6S. The average molecular weight is 485 g/mol. The topological polar surface area (TPSA) is 100 Å². The zero-order chi connectivity index (χ0) is 22.3. The molecule has 0 atom stereocenters. The van der Waals surface area contributed by atoms with Crippen LogP contribution in [0, 0.1) is 6.92 Å². The van der Waals surface area contributed by atoms with Gasteiger partial charge in [-0.05, 0) is 36.8 Å². The monoisotopic (exact) mass is 484 g/mol. The molecule has 4 rings (SSSR count). The number of hydrogen-bond acceptors (Lipinski definition) is 6. The first-order valence-corrected chi connectivity index (χ1v) is 11.5. The molecule has 0 amide bonds. The van der Waals surface area contributed by atoms with Gasteiger partial charge in [-0.2, -0.15) is 4.31 Å². The third-order valence-corrected chi connectivity index (χ3v) is 8.09. The summed E-state index contributed by atoms with van der Waals surface area (Å²) in [6.45, 7) is 3.40. The SMILES string of the molecule is Cc1c(N2CCN(S(=O)(=O)c3cccc(Cl)c3Cl)CC2)ccc2oc(OC(=O)O)cc12. The van der Waals surface area contributed by atoms with E-state index in [0.717, 1.165) is 16.6 Å². The second-order valence-electron chi connectivity index (χ2n) is 7.00. The van der Waals surface area contributed by atoms with E-state index in [-0.39, 0.29) is 34.0 Å². The van der Waals surface area contributed by atoms with Crippen LogP contribution in [0.2, 0.25) is 10.0 Å². The van der Waals surface area contributed by atoms with Crippen molar-refractivity contribution in [3.05, 3.63) is 52.0 Å². The van der Waals surface area contributed by atoms with Crippen molar-refractivity contribution in [1.29, 1.82) is 0 Å². The van der Waals surface area contributed by atoms with Gasteiger partial charge in [-0.15, -0.1) is 0 Å². The van der Waals surface area contributed by atoms with Crippen molar-refractivity contribution in [2.24, 2.45) is 0 Å². The molecule has 31 heavy (non-hydrogen) atoms. The highest BCUT2D eigenvalue weighted by Crippen LogP contribution is 2.35. The van der Waals surface area contributed by atoms with E-state index in [4.69, 9.17) is 32.7 Å². The molecule has 1 fully saturated rings. The Morgan fingerprint density at radius 3 is 2.52 bits per heavy atom. The largest absolute Gasteiger partial charge is 0.513 e. The van der Waals surface area contributed by atoms with E-state index >= 15 is 0 Å². The Labute approximate surface area is 188 Å². The van der Waals surface area contributed by atoms with E-state index in [1.54, 1.807) is 18.2 Å². The van der Waals surface area contributed by atoms with Crippen molar-refractivity contribution < 1.29 is 27.5 Å². The number of furan rings is 1. The van der Waals surface area contributed by atoms with E-state index in [1.165, 1.54) is 16.4 Å². The third-order valence-electron chi connectivity index (χ3n) is 5.22. The standard InChI is InChI=1S/C20H18Cl2N2O6S/c1-12-13-11-18(30-20(25)26)29-16(13)6-5-15(12)23-7-9-24(10-8-23)31(27,28)17-4-2-3-14(21)19(17)22/h2-6,11H,7-10H2,1H3,(H,25,26). The number of ether oxygens (including phenoxy) is 1. The molecule has 0 aliphatic carbocycles. The summed E-state index contributed by atoms with van der Waals surface area (Å²) >= 11 is 12.1. The van der Waals surface area contributed by atoms with Gasteiger partial charge in [-0.3, -0.25) is 0 Å². The number of sulfonamides is 1. The van der Waals surface area contributed by atoms with Crippen molar-refractivity contribution >= 4 is 56.0 Å². The van der Waals surface area contributed by atoms with Gasteiger partial charge >= 0.3 is 6.16 Å². The minimum absolute atomic E-state index is 0.00271. The Morgan fingerprint density at radius 2 is 1.84 bits per heavy atom. The molecule has 1 N–H and O–H groups in total. The first kappa shape index (κ1) is 21.8. The molecule has 164 valence electrons. The number of hydrogen-bond donors (Lipinski definition) is 1. The minimum Gasteiger partial charge on any atom is -0.449 e. The number of benzene rings is 2. The number of fused-ring (bicyclic) bond motifs is 1. The summed E-state index contributed by atoms with van der Waals surface area (Å²) in [6, 6.07) is 9.69. The quantitative estimate of drug-likeness (QED) is 0.539. The van der Waals surface area contributed by atoms with E-state index in [1.807, 2.05) is 13.0 Å². The van der Waals surface area contributed by atoms with Gasteiger partial charge in [0.25, 0.3) is 5.95 Å². The third kappa shape index (κ3) is 4.06. The number of carbonyl (C=O) groups is 1. The lowest BCUT2D eigenvalue weighted by molar-refractivity contribution is 0.134. The molecule has 0 saturated carbocycles. The van der Waals surface area contributed by atoms with Crippen LogP contribution in [-0.2, 0) is 10.0 Å². The van der Waals surface area contributed by atoms with Crippen LogP contribution in [0.1, 0.15) is 5.56 Å². The lowest BCUT2D eigenvalue weighted by Crippen LogP contribution is -2.48. The highest BCUT2D eigenvalue weighted by atomic mass is 35.5. The molecule has 1 aliphatic rings. The molecule has 11 heteroatoms. The summed E-state index contributed by atoms with van der Waals surface area (Å²) in [5, 5.41) is 9.71. The second kappa shape index (κ2) is 8.23. The van der Waals surface area contributed by atoms with Crippen LogP contribution in [0.5, 0.6) is 5.95 Å². The predicted octanol–water partition coefficient (Wildman–Crippen LogP) is 4.62. The highest BCUT2D eigenvalue weighted by molar-refractivity contribution is 7.89. The van der Waals surface area contributed by atoms with E-state index < -0.39 is 16.2 Å². The zero-order valence-electron chi connectivity index (χ0n) is 16.3. The molecule has 0 spiro atoms. The van der Waals surface area contributed by atoms with Crippen molar-refractivity contribution in [2.45, 2.75) is 11.8 Å². The number of rotatable bonds is 4. The summed E-state index contributed by atoms with van der Waals surface area (Å²) in [5.74, 6) is -0.0999. The first-order valence-electron chi connectivity index (χ1n) is 9.31. The Morgan fingerprint density at radius 1 is 1.13 bits per heavy atom. The molecule has 3 aromatic rings. The summed E-state index contributed by atoms with van der Waals surface area (Å²) in [5.41, 5.74) is 2.30. The zero-order valence-corrected chi connectivity index (χ0v) is 18.7. The number of anilines is 1.